The van der Waals surface area contributed by atoms with Crippen LogP contribution < -0.4 is 11.1 Å². The van der Waals surface area contributed by atoms with Crippen LogP contribution in [0.25, 0.3) is 0 Å². The molecule has 2 aromatic carbocycles. The zero-order valence-electron chi connectivity index (χ0n) is 10.6. The predicted octanol–water partition coefficient (Wildman–Crippen LogP) is 3.16. The molecule has 0 aliphatic heterocycles. The van der Waals surface area contributed by atoms with Crippen molar-refractivity contribution < 1.29 is 0 Å². The average Bonchev–Trinajstić information content (AvgIpc) is 2.76. The van der Waals surface area contributed by atoms with Gasteiger partial charge in [-0.05, 0) is 48.6 Å². The van der Waals surface area contributed by atoms with Crippen LogP contribution in [0.1, 0.15) is 16.7 Å². The lowest BCUT2D eigenvalue weighted by molar-refractivity contribution is 0.773. The molecule has 3 N–H and O–H groups in total. The third-order valence-electron chi connectivity index (χ3n) is 3.67. The van der Waals surface area contributed by atoms with Crippen molar-refractivity contribution in [3.8, 4) is 0 Å². The first-order valence-electron chi connectivity index (χ1n) is 6.42. The fourth-order valence-corrected chi connectivity index (χ4v) is 2.68. The second-order valence-electron chi connectivity index (χ2n) is 5.09. The molecule has 1 aliphatic carbocycles. The summed E-state index contributed by atoms with van der Waals surface area (Å²) in [4.78, 5) is 0. The van der Waals surface area contributed by atoms with E-state index in [1.54, 1.807) is 0 Å². The number of nitrogens with two attached hydrogens (primary N) is 1. The van der Waals surface area contributed by atoms with Gasteiger partial charge in [0.1, 0.15) is 0 Å². The third-order valence-corrected chi connectivity index (χ3v) is 3.67. The van der Waals surface area contributed by atoms with Gasteiger partial charge in [0.05, 0.1) is 0 Å². The minimum Gasteiger partial charge on any atom is -0.399 e. The number of aryl methyl sites for hydroxylation is 1. The SMILES string of the molecule is Cc1ccc(N)cc1NC1Cc2ccccc2C1. The molecule has 0 bridgehead atoms. The van der Waals surface area contributed by atoms with E-state index < -0.39 is 0 Å². The van der Waals surface area contributed by atoms with Crippen molar-refractivity contribution >= 4 is 11.4 Å². The van der Waals surface area contributed by atoms with Gasteiger partial charge in [0.25, 0.3) is 0 Å². The van der Waals surface area contributed by atoms with Gasteiger partial charge in [0, 0.05) is 17.4 Å². The zero-order chi connectivity index (χ0) is 12.5. The normalized spacial score (nSPS) is 14.5. The molecule has 0 amide bonds. The lowest BCUT2D eigenvalue weighted by atomic mass is 10.1. The molecule has 2 heteroatoms. The maximum Gasteiger partial charge on any atom is 0.0392 e. The number of fused-ring (bicyclic) bond motifs is 1. The maximum absolute atomic E-state index is 5.85. The summed E-state index contributed by atoms with van der Waals surface area (Å²) in [7, 11) is 0. The smallest absolute Gasteiger partial charge is 0.0392 e. The predicted molar refractivity (Wildman–Crippen MR) is 76.9 cm³/mol. The van der Waals surface area contributed by atoms with E-state index >= 15 is 0 Å². The Labute approximate surface area is 108 Å². The number of hydrogen-bond donors (Lipinski definition) is 2. The summed E-state index contributed by atoms with van der Waals surface area (Å²) in [6, 6.07) is 15.2. The van der Waals surface area contributed by atoms with E-state index in [2.05, 4.69) is 42.6 Å². The summed E-state index contributed by atoms with van der Waals surface area (Å²) in [6.07, 6.45) is 2.20. The first-order valence-corrected chi connectivity index (χ1v) is 6.42. The van der Waals surface area contributed by atoms with Crippen molar-refractivity contribution in [2.24, 2.45) is 0 Å². The molecule has 92 valence electrons. The quantitative estimate of drug-likeness (QED) is 0.789. The van der Waals surface area contributed by atoms with Gasteiger partial charge in [-0.2, -0.15) is 0 Å². The van der Waals surface area contributed by atoms with E-state index in [4.69, 9.17) is 5.73 Å². The van der Waals surface area contributed by atoms with Gasteiger partial charge in [0.15, 0.2) is 0 Å². The molecular weight excluding hydrogens is 220 g/mol. The average molecular weight is 238 g/mol. The first kappa shape index (κ1) is 11.1. The van der Waals surface area contributed by atoms with Crippen LogP contribution >= 0.6 is 0 Å². The Morgan fingerprint density at radius 2 is 1.72 bits per heavy atom. The van der Waals surface area contributed by atoms with Crippen molar-refractivity contribution in [2.75, 3.05) is 11.1 Å². The van der Waals surface area contributed by atoms with Crippen LogP contribution in [0.3, 0.4) is 0 Å². The number of anilines is 2. The standard InChI is InChI=1S/C16H18N2/c1-11-6-7-14(17)10-16(11)18-15-8-12-4-2-3-5-13(12)9-15/h2-7,10,15,18H,8-9,17H2,1H3. The molecule has 2 nitrogen and oxygen atoms in total. The number of hydrogen-bond acceptors (Lipinski definition) is 2. The molecule has 0 radical (unpaired) electrons. The van der Waals surface area contributed by atoms with Gasteiger partial charge in [-0.1, -0.05) is 30.3 Å². The minimum absolute atomic E-state index is 0.489. The van der Waals surface area contributed by atoms with E-state index in [1.165, 1.54) is 16.7 Å². The summed E-state index contributed by atoms with van der Waals surface area (Å²) in [6.45, 7) is 2.11. The fraction of sp³-hybridized carbons (Fsp3) is 0.250. The number of rotatable bonds is 2. The van der Waals surface area contributed by atoms with E-state index in [0.717, 1.165) is 24.2 Å². The highest BCUT2D eigenvalue weighted by atomic mass is 14.9. The summed E-state index contributed by atoms with van der Waals surface area (Å²) in [5.41, 5.74) is 12.0. The van der Waals surface area contributed by atoms with Gasteiger partial charge in [-0.25, -0.2) is 0 Å². The van der Waals surface area contributed by atoms with Crippen molar-refractivity contribution in [3.05, 3.63) is 59.2 Å². The second kappa shape index (κ2) is 4.37. The van der Waals surface area contributed by atoms with Gasteiger partial charge >= 0.3 is 0 Å². The molecule has 0 atom stereocenters. The zero-order valence-corrected chi connectivity index (χ0v) is 10.6. The molecule has 3 rings (SSSR count). The van der Waals surface area contributed by atoms with Crippen molar-refractivity contribution in [3.63, 3.8) is 0 Å². The maximum atomic E-state index is 5.85. The summed E-state index contributed by atoms with van der Waals surface area (Å²) < 4.78 is 0. The lowest BCUT2D eigenvalue weighted by Gasteiger charge is -2.16. The molecule has 0 fully saturated rings. The van der Waals surface area contributed by atoms with Crippen LogP contribution in [0.4, 0.5) is 11.4 Å². The molecule has 0 saturated carbocycles. The minimum atomic E-state index is 0.489. The van der Waals surface area contributed by atoms with Crippen LogP contribution in [0.15, 0.2) is 42.5 Å². The Kier molecular flexibility index (Phi) is 2.71. The molecule has 2 aromatic rings. The Morgan fingerprint density at radius 1 is 1.06 bits per heavy atom. The van der Waals surface area contributed by atoms with Crippen LogP contribution in [0, 0.1) is 6.92 Å². The van der Waals surface area contributed by atoms with Crippen LogP contribution in [-0.2, 0) is 12.8 Å². The highest BCUT2D eigenvalue weighted by Gasteiger charge is 2.20. The number of nitrogens with one attached hydrogen (secondary N) is 1. The summed E-state index contributed by atoms with van der Waals surface area (Å²) in [5, 5.41) is 3.62. The molecule has 0 heterocycles. The Balaban J connectivity index is 1.78. The van der Waals surface area contributed by atoms with E-state index in [-0.39, 0.29) is 0 Å². The molecule has 0 spiro atoms. The van der Waals surface area contributed by atoms with Gasteiger partial charge in [-0.3, -0.25) is 0 Å². The second-order valence-corrected chi connectivity index (χ2v) is 5.09. The van der Waals surface area contributed by atoms with Crippen LogP contribution in [-0.4, -0.2) is 6.04 Å². The Bertz CT molecular complexity index is 550. The largest absolute Gasteiger partial charge is 0.399 e. The fourth-order valence-electron chi connectivity index (χ4n) is 2.68. The number of nitrogen functional groups attached to an aromatic ring is 1. The monoisotopic (exact) mass is 238 g/mol. The molecule has 18 heavy (non-hydrogen) atoms. The lowest BCUT2D eigenvalue weighted by Crippen LogP contribution is -2.20. The third kappa shape index (κ3) is 2.06. The molecule has 0 aromatic heterocycles. The highest BCUT2D eigenvalue weighted by Crippen LogP contribution is 2.26. The number of benzene rings is 2. The van der Waals surface area contributed by atoms with Crippen molar-refractivity contribution in [2.45, 2.75) is 25.8 Å². The first-order chi connectivity index (χ1) is 8.72. The van der Waals surface area contributed by atoms with E-state index in [1.807, 2.05) is 12.1 Å². The van der Waals surface area contributed by atoms with Gasteiger partial charge in [0.2, 0.25) is 0 Å². The van der Waals surface area contributed by atoms with Crippen molar-refractivity contribution in [1.29, 1.82) is 0 Å². The summed E-state index contributed by atoms with van der Waals surface area (Å²) >= 11 is 0. The highest BCUT2D eigenvalue weighted by molar-refractivity contribution is 5.60. The van der Waals surface area contributed by atoms with Crippen LogP contribution in [0.5, 0.6) is 0 Å². The molecule has 0 saturated heterocycles. The van der Waals surface area contributed by atoms with E-state index in [9.17, 15) is 0 Å². The van der Waals surface area contributed by atoms with Crippen LogP contribution in [0.2, 0.25) is 0 Å². The van der Waals surface area contributed by atoms with E-state index in [0.29, 0.717) is 6.04 Å². The molecule has 0 unspecified atom stereocenters. The molecule has 1 aliphatic rings. The van der Waals surface area contributed by atoms with Crippen molar-refractivity contribution in [1.82, 2.24) is 0 Å². The Hall–Kier alpha value is -1.96. The molecular formula is C16H18N2. The summed E-state index contributed by atoms with van der Waals surface area (Å²) in [5.74, 6) is 0. The Morgan fingerprint density at radius 3 is 2.39 bits per heavy atom. The topological polar surface area (TPSA) is 38.0 Å². The van der Waals surface area contributed by atoms with Gasteiger partial charge < -0.3 is 11.1 Å². The van der Waals surface area contributed by atoms with Gasteiger partial charge in [-0.15, -0.1) is 0 Å².